The van der Waals surface area contributed by atoms with E-state index in [1.54, 1.807) is 0 Å². The minimum atomic E-state index is -0.486. The maximum atomic E-state index is 12.3. The molecule has 93 valence electrons. The van der Waals surface area contributed by atoms with Gasteiger partial charge in [-0.05, 0) is 40.0 Å². The van der Waals surface area contributed by atoms with Crippen molar-refractivity contribution in [2.75, 3.05) is 0 Å². The molecular formula is C17H13OS. The lowest BCUT2D eigenvalue weighted by Crippen LogP contribution is -1.99. The molecule has 1 heterocycles. The van der Waals surface area contributed by atoms with Gasteiger partial charge in [0, 0.05) is 11.1 Å². The van der Waals surface area contributed by atoms with Crippen LogP contribution >= 0.6 is 10.9 Å². The summed E-state index contributed by atoms with van der Waals surface area (Å²) >= 11 is 0. The monoisotopic (exact) mass is 265 g/mol. The van der Waals surface area contributed by atoms with Crippen molar-refractivity contribution >= 4 is 16.7 Å². The van der Waals surface area contributed by atoms with Crippen LogP contribution < -0.4 is 0 Å². The maximum Gasteiger partial charge on any atom is 0.193 e. The van der Waals surface area contributed by atoms with Crippen LogP contribution in [0.1, 0.15) is 10.4 Å². The molecule has 0 aromatic heterocycles. The number of allylic oxidation sites excluding steroid dienone is 2. The van der Waals surface area contributed by atoms with Crippen molar-refractivity contribution in [1.82, 2.24) is 0 Å². The molecule has 1 nitrogen and oxygen atoms in total. The normalized spacial score (nSPS) is 19.2. The summed E-state index contributed by atoms with van der Waals surface area (Å²) in [4.78, 5) is 13.6. The Kier molecular flexibility index (Phi) is 3.34. The van der Waals surface area contributed by atoms with E-state index >= 15 is 0 Å². The van der Waals surface area contributed by atoms with E-state index in [2.05, 4.69) is 29.0 Å². The van der Waals surface area contributed by atoms with Gasteiger partial charge in [-0.25, -0.2) is 0 Å². The van der Waals surface area contributed by atoms with Gasteiger partial charge in [0.25, 0.3) is 0 Å². The van der Waals surface area contributed by atoms with Gasteiger partial charge in [-0.1, -0.05) is 42.5 Å². The van der Waals surface area contributed by atoms with Crippen molar-refractivity contribution < 1.29 is 4.79 Å². The van der Waals surface area contributed by atoms with Crippen LogP contribution in [0, 0.1) is 6.07 Å². The van der Waals surface area contributed by atoms with Crippen LogP contribution in [0.15, 0.2) is 82.0 Å². The second kappa shape index (κ2) is 5.29. The molecule has 0 fully saturated rings. The van der Waals surface area contributed by atoms with Crippen molar-refractivity contribution in [1.29, 1.82) is 0 Å². The fraction of sp³-hybridized carbons (Fsp3) is 0. The molecule has 0 N–H and O–H groups in total. The van der Waals surface area contributed by atoms with Crippen LogP contribution in [0.2, 0.25) is 0 Å². The standard InChI is InChI=1S/C17H13OS/c18-17(14-7-3-1-4-8-14)15-11-12-19(13-15)16-9-5-2-6-10-16/h1,3-13,19H. The zero-order chi connectivity index (χ0) is 13.1. The summed E-state index contributed by atoms with van der Waals surface area (Å²) in [5, 5.41) is 4.21. The molecule has 0 saturated heterocycles. The van der Waals surface area contributed by atoms with Gasteiger partial charge in [0.15, 0.2) is 5.78 Å². The molecule has 3 rings (SSSR count). The molecule has 19 heavy (non-hydrogen) atoms. The van der Waals surface area contributed by atoms with Gasteiger partial charge in [0.05, 0.1) is 0 Å². The molecule has 0 saturated carbocycles. The van der Waals surface area contributed by atoms with Crippen molar-refractivity contribution in [3.05, 3.63) is 88.7 Å². The van der Waals surface area contributed by atoms with Gasteiger partial charge < -0.3 is 0 Å². The predicted molar refractivity (Wildman–Crippen MR) is 80.5 cm³/mol. The highest BCUT2D eigenvalue weighted by Gasteiger charge is 2.15. The number of Topliss-reactive ketones (excluding diaryl/α,β-unsaturated/α-hetero) is 1. The highest BCUT2D eigenvalue weighted by atomic mass is 32.2. The molecule has 1 unspecified atom stereocenters. The minimum Gasteiger partial charge on any atom is -0.289 e. The first kappa shape index (κ1) is 12.0. The first-order valence-electron chi connectivity index (χ1n) is 6.09. The summed E-state index contributed by atoms with van der Waals surface area (Å²) in [5.74, 6) is 0.101. The Balaban J connectivity index is 1.85. The van der Waals surface area contributed by atoms with E-state index in [1.165, 1.54) is 4.90 Å². The van der Waals surface area contributed by atoms with Crippen molar-refractivity contribution in [3.63, 3.8) is 0 Å². The van der Waals surface area contributed by atoms with Crippen LogP contribution in [0.4, 0.5) is 0 Å². The number of rotatable bonds is 3. The van der Waals surface area contributed by atoms with E-state index in [0.717, 1.165) is 11.1 Å². The van der Waals surface area contributed by atoms with E-state index in [9.17, 15) is 4.79 Å². The minimum absolute atomic E-state index is 0.101. The number of hydrogen-bond acceptors (Lipinski definition) is 1. The summed E-state index contributed by atoms with van der Waals surface area (Å²) in [6.45, 7) is 0. The highest BCUT2D eigenvalue weighted by Crippen LogP contribution is 2.44. The molecule has 0 spiro atoms. The van der Waals surface area contributed by atoms with E-state index < -0.39 is 10.9 Å². The molecule has 0 aliphatic carbocycles. The summed E-state index contributed by atoms with van der Waals surface area (Å²) in [6.07, 6.45) is 1.94. The lowest BCUT2D eigenvalue weighted by molar-refractivity contribution is 0.103. The number of ketones is 1. The molecule has 2 aromatic rings. The molecule has 1 radical (unpaired) electrons. The Hall–Kier alpha value is -2.06. The molecule has 1 atom stereocenters. The van der Waals surface area contributed by atoms with Gasteiger partial charge >= 0.3 is 0 Å². The average Bonchev–Trinajstić information content (AvgIpc) is 2.98. The number of carbonyl (C=O) groups excluding carboxylic acids is 1. The summed E-state index contributed by atoms with van der Waals surface area (Å²) in [5.41, 5.74) is 1.54. The van der Waals surface area contributed by atoms with E-state index in [1.807, 2.05) is 48.5 Å². The largest absolute Gasteiger partial charge is 0.289 e. The average molecular weight is 265 g/mol. The summed E-state index contributed by atoms with van der Waals surface area (Å²) in [6, 6.07) is 20.4. The highest BCUT2D eigenvalue weighted by molar-refractivity contribution is 8.22. The zero-order valence-electron chi connectivity index (χ0n) is 10.3. The summed E-state index contributed by atoms with van der Waals surface area (Å²) < 4.78 is 0. The van der Waals surface area contributed by atoms with Crippen LogP contribution in [-0.2, 0) is 0 Å². The Morgan fingerprint density at radius 2 is 1.74 bits per heavy atom. The molecule has 2 heteroatoms. The third kappa shape index (κ3) is 2.54. The fourth-order valence-corrected chi connectivity index (χ4v) is 3.72. The molecule has 1 aliphatic rings. The second-order valence-corrected chi connectivity index (χ2v) is 6.15. The Morgan fingerprint density at radius 3 is 2.47 bits per heavy atom. The molecule has 0 amide bonds. The lowest BCUT2D eigenvalue weighted by atomic mass is 10.1. The zero-order valence-corrected chi connectivity index (χ0v) is 11.2. The SMILES string of the molecule is O=C(C1=C[SH](c2cc[c]cc2)C=C1)c1ccccc1. The molecule has 0 bridgehead atoms. The first-order valence-corrected chi connectivity index (χ1v) is 7.57. The molecular weight excluding hydrogens is 252 g/mol. The summed E-state index contributed by atoms with van der Waals surface area (Å²) in [7, 11) is -0.486. The Bertz CT molecular complexity index is 641. The third-order valence-corrected chi connectivity index (χ3v) is 4.91. The van der Waals surface area contributed by atoms with Crippen LogP contribution in [0.3, 0.4) is 0 Å². The van der Waals surface area contributed by atoms with Crippen LogP contribution in [-0.4, -0.2) is 5.78 Å². The van der Waals surface area contributed by atoms with Gasteiger partial charge in [-0.2, -0.15) is 10.9 Å². The van der Waals surface area contributed by atoms with Crippen molar-refractivity contribution in [2.24, 2.45) is 0 Å². The number of benzene rings is 2. The molecule has 2 aromatic carbocycles. The molecule has 1 aliphatic heterocycles. The Morgan fingerprint density at radius 1 is 1.00 bits per heavy atom. The maximum absolute atomic E-state index is 12.3. The Labute approximate surface area is 115 Å². The van der Waals surface area contributed by atoms with E-state index in [4.69, 9.17) is 0 Å². The van der Waals surface area contributed by atoms with Gasteiger partial charge in [0.2, 0.25) is 0 Å². The van der Waals surface area contributed by atoms with E-state index in [-0.39, 0.29) is 5.78 Å². The van der Waals surface area contributed by atoms with Crippen molar-refractivity contribution in [3.8, 4) is 0 Å². The van der Waals surface area contributed by atoms with Gasteiger partial charge in [-0.15, -0.1) is 0 Å². The van der Waals surface area contributed by atoms with Crippen LogP contribution in [0.5, 0.6) is 0 Å². The fourth-order valence-electron chi connectivity index (χ4n) is 2.00. The lowest BCUT2D eigenvalue weighted by Gasteiger charge is -2.09. The number of hydrogen-bond donors (Lipinski definition) is 1. The quantitative estimate of drug-likeness (QED) is 0.652. The van der Waals surface area contributed by atoms with Gasteiger partial charge in [-0.3, -0.25) is 4.79 Å². The van der Waals surface area contributed by atoms with E-state index in [0.29, 0.717) is 0 Å². The number of carbonyl (C=O) groups is 1. The smallest absolute Gasteiger partial charge is 0.193 e. The van der Waals surface area contributed by atoms with Crippen LogP contribution in [0.25, 0.3) is 0 Å². The number of thiol groups is 1. The first-order chi connectivity index (χ1) is 9.34. The van der Waals surface area contributed by atoms with Gasteiger partial charge in [0.1, 0.15) is 0 Å². The predicted octanol–water partition coefficient (Wildman–Crippen LogP) is 4.14. The van der Waals surface area contributed by atoms with Crippen molar-refractivity contribution in [2.45, 2.75) is 4.90 Å². The third-order valence-electron chi connectivity index (χ3n) is 2.99. The topological polar surface area (TPSA) is 17.1 Å². The second-order valence-electron chi connectivity index (χ2n) is 4.26.